The Morgan fingerprint density at radius 3 is 2.41 bits per heavy atom. The molecule has 0 atom stereocenters. The van der Waals surface area contributed by atoms with E-state index in [1.54, 1.807) is 0 Å². The fourth-order valence-corrected chi connectivity index (χ4v) is 3.04. The van der Waals surface area contributed by atoms with Crippen LogP contribution in [0.15, 0.2) is 33.3 Å². The molecule has 2 heterocycles. The summed E-state index contributed by atoms with van der Waals surface area (Å²) >= 11 is 3.29. The highest BCUT2D eigenvalue weighted by Crippen LogP contribution is 2.18. The van der Waals surface area contributed by atoms with Crippen LogP contribution in [0.1, 0.15) is 17.0 Å². The Bertz CT molecular complexity index is 638. The zero-order valence-corrected chi connectivity index (χ0v) is 14.1. The second-order valence-electron chi connectivity index (χ2n) is 5.72. The van der Waals surface area contributed by atoms with E-state index in [1.165, 1.54) is 6.07 Å². The largest absolute Gasteiger partial charge is 0.360 e. The van der Waals surface area contributed by atoms with E-state index >= 15 is 0 Å². The van der Waals surface area contributed by atoms with Gasteiger partial charge in [-0.2, -0.15) is 0 Å². The zero-order valence-electron chi connectivity index (χ0n) is 12.6. The first-order chi connectivity index (χ1) is 10.6. The van der Waals surface area contributed by atoms with Gasteiger partial charge in [-0.05, 0) is 19.1 Å². The van der Waals surface area contributed by atoms with Gasteiger partial charge < -0.3 is 4.52 Å². The molecule has 4 nitrogen and oxygen atoms in total. The predicted octanol–water partition coefficient (Wildman–Crippen LogP) is 3.20. The molecule has 1 fully saturated rings. The second kappa shape index (κ2) is 6.89. The van der Waals surface area contributed by atoms with E-state index in [0.29, 0.717) is 6.54 Å². The van der Waals surface area contributed by atoms with Gasteiger partial charge >= 0.3 is 0 Å². The first kappa shape index (κ1) is 15.6. The number of aryl methyl sites for hydroxylation is 1. The summed E-state index contributed by atoms with van der Waals surface area (Å²) in [6.45, 7) is 7.16. The Balaban J connectivity index is 1.51. The summed E-state index contributed by atoms with van der Waals surface area (Å²) in [5.41, 5.74) is 1.67. The van der Waals surface area contributed by atoms with Gasteiger partial charge in [-0.3, -0.25) is 9.80 Å². The van der Waals surface area contributed by atoms with Crippen molar-refractivity contribution in [3.8, 4) is 0 Å². The average Bonchev–Trinajstić information content (AvgIpc) is 2.89. The highest BCUT2D eigenvalue weighted by molar-refractivity contribution is 9.10. The van der Waals surface area contributed by atoms with Crippen molar-refractivity contribution in [2.75, 3.05) is 26.2 Å². The van der Waals surface area contributed by atoms with Crippen molar-refractivity contribution in [3.05, 3.63) is 51.6 Å². The molecule has 0 spiro atoms. The van der Waals surface area contributed by atoms with Crippen molar-refractivity contribution < 1.29 is 8.91 Å². The minimum absolute atomic E-state index is 0.145. The first-order valence-corrected chi connectivity index (χ1v) is 8.20. The van der Waals surface area contributed by atoms with Crippen LogP contribution in [-0.2, 0) is 13.1 Å². The molecule has 0 N–H and O–H groups in total. The molecule has 1 aromatic carbocycles. The lowest BCUT2D eigenvalue weighted by Crippen LogP contribution is -2.45. The van der Waals surface area contributed by atoms with Gasteiger partial charge in [0.25, 0.3) is 0 Å². The average molecular weight is 368 g/mol. The van der Waals surface area contributed by atoms with E-state index in [2.05, 4.69) is 30.9 Å². The number of piperazine rings is 1. The van der Waals surface area contributed by atoms with E-state index in [0.717, 1.165) is 54.2 Å². The Hall–Kier alpha value is -1.24. The molecule has 1 aromatic heterocycles. The van der Waals surface area contributed by atoms with Crippen LogP contribution in [0.4, 0.5) is 4.39 Å². The van der Waals surface area contributed by atoms with E-state index in [-0.39, 0.29) is 5.82 Å². The molecule has 0 aliphatic carbocycles. The first-order valence-electron chi connectivity index (χ1n) is 7.41. The quantitative estimate of drug-likeness (QED) is 0.830. The van der Waals surface area contributed by atoms with Gasteiger partial charge in [0.1, 0.15) is 5.82 Å². The summed E-state index contributed by atoms with van der Waals surface area (Å²) in [4.78, 5) is 4.63. The van der Waals surface area contributed by atoms with Crippen LogP contribution in [0, 0.1) is 12.7 Å². The summed E-state index contributed by atoms with van der Waals surface area (Å²) in [6.07, 6.45) is 0. The van der Waals surface area contributed by atoms with Crippen LogP contribution in [0.2, 0.25) is 0 Å². The molecule has 0 saturated carbocycles. The van der Waals surface area contributed by atoms with E-state index in [1.807, 2.05) is 25.1 Å². The standard InChI is InChI=1S/C16H19BrFN3O/c1-12-8-15(22-19-12)11-21-6-4-20(5-7-21)10-13-2-3-14(17)9-16(13)18/h2-3,8-9H,4-7,10-11H2,1H3. The zero-order chi connectivity index (χ0) is 15.5. The summed E-state index contributed by atoms with van der Waals surface area (Å²) in [5.74, 6) is 0.763. The molecule has 6 heteroatoms. The van der Waals surface area contributed by atoms with Crippen molar-refractivity contribution in [2.45, 2.75) is 20.0 Å². The van der Waals surface area contributed by atoms with Crippen molar-refractivity contribution in [2.24, 2.45) is 0 Å². The van der Waals surface area contributed by atoms with Gasteiger partial charge in [0, 0.05) is 48.8 Å². The number of nitrogens with zero attached hydrogens (tertiary/aromatic N) is 3. The molecule has 118 valence electrons. The highest BCUT2D eigenvalue weighted by Gasteiger charge is 2.19. The third kappa shape index (κ3) is 3.94. The van der Waals surface area contributed by atoms with Crippen LogP contribution in [-0.4, -0.2) is 41.1 Å². The number of rotatable bonds is 4. The van der Waals surface area contributed by atoms with Crippen LogP contribution in [0.25, 0.3) is 0 Å². The SMILES string of the molecule is Cc1cc(CN2CCN(Cc3ccc(Br)cc3F)CC2)on1. The highest BCUT2D eigenvalue weighted by atomic mass is 79.9. The van der Waals surface area contributed by atoms with Crippen LogP contribution < -0.4 is 0 Å². The molecule has 3 rings (SSSR count). The molecule has 2 aromatic rings. The molecule has 0 unspecified atom stereocenters. The van der Waals surface area contributed by atoms with Gasteiger partial charge in [-0.25, -0.2) is 4.39 Å². The van der Waals surface area contributed by atoms with E-state index < -0.39 is 0 Å². The smallest absolute Gasteiger partial charge is 0.150 e. The number of aromatic nitrogens is 1. The van der Waals surface area contributed by atoms with Crippen LogP contribution in [0.3, 0.4) is 0 Å². The summed E-state index contributed by atoms with van der Waals surface area (Å²) in [5, 5.41) is 3.91. The normalized spacial score (nSPS) is 17.0. The Morgan fingerprint density at radius 1 is 1.14 bits per heavy atom. The Kier molecular flexibility index (Phi) is 4.90. The van der Waals surface area contributed by atoms with Crippen molar-refractivity contribution in [1.29, 1.82) is 0 Å². The Labute approximate surface area is 138 Å². The molecule has 0 amide bonds. The third-order valence-electron chi connectivity index (χ3n) is 3.93. The van der Waals surface area contributed by atoms with Crippen LogP contribution in [0.5, 0.6) is 0 Å². The topological polar surface area (TPSA) is 32.5 Å². The van der Waals surface area contributed by atoms with Crippen LogP contribution >= 0.6 is 15.9 Å². The van der Waals surface area contributed by atoms with Gasteiger partial charge in [-0.1, -0.05) is 27.2 Å². The molecule has 1 aliphatic heterocycles. The fourth-order valence-electron chi connectivity index (χ4n) is 2.71. The van der Waals surface area contributed by atoms with E-state index in [4.69, 9.17) is 4.52 Å². The minimum Gasteiger partial charge on any atom is -0.360 e. The number of benzene rings is 1. The molecule has 1 aliphatic rings. The fraction of sp³-hybridized carbons (Fsp3) is 0.438. The van der Waals surface area contributed by atoms with Crippen molar-refractivity contribution >= 4 is 15.9 Å². The second-order valence-corrected chi connectivity index (χ2v) is 6.64. The Morgan fingerprint density at radius 2 is 1.82 bits per heavy atom. The summed E-state index contributed by atoms with van der Waals surface area (Å²) < 4.78 is 19.9. The third-order valence-corrected chi connectivity index (χ3v) is 4.42. The molecule has 0 radical (unpaired) electrons. The monoisotopic (exact) mass is 367 g/mol. The molecule has 22 heavy (non-hydrogen) atoms. The number of hydrogen-bond donors (Lipinski definition) is 0. The van der Waals surface area contributed by atoms with Gasteiger partial charge in [0.15, 0.2) is 5.76 Å². The lowest BCUT2D eigenvalue weighted by molar-refractivity contribution is 0.113. The van der Waals surface area contributed by atoms with Gasteiger partial charge in [-0.15, -0.1) is 0 Å². The molecule has 0 bridgehead atoms. The maximum atomic E-state index is 13.9. The van der Waals surface area contributed by atoms with Gasteiger partial charge in [0.05, 0.1) is 12.2 Å². The van der Waals surface area contributed by atoms with E-state index in [9.17, 15) is 4.39 Å². The van der Waals surface area contributed by atoms with Gasteiger partial charge in [0.2, 0.25) is 0 Å². The molecular formula is C16H19BrFN3O. The lowest BCUT2D eigenvalue weighted by Gasteiger charge is -2.34. The maximum absolute atomic E-state index is 13.9. The maximum Gasteiger partial charge on any atom is 0.150 e. The number of halogens is 2. The summed E-state index contributed by atoms with van der Waals surface area (Å²) in [7, 11) is 0. The minimum atomic E-state index is -0.145. The van der Waals surface area contributed by atoms with Crippen molar-refractivity contribution in [3.63, 3.8) is 0 Å². The predicted molar refractivity (Wildman–Crippen MR) is 85.9 cm³/mol. The lowest BCUT2D eigenvalue weighted by atomic mass is 10.2. The summed E-state index contributed by atoms with van der Waals surface area (Å²) in [6, 6.07) is 7.24. The number of hydrogen-bond acceptors (Lipinski definition) is 4. The molecular weight excluding hydrogens is 349 g/mol. The van der Waals surface area contributed by atoms with Crippen molar-refractivity contribution in [1.82, 2.24) is 15.0 Å². The molecule has 1 saturated heterocycles.